The molecule has 0 saturated carbocycles. The number of nitrogens with zero attached hydrogens (tertiary/aromatic N) is 2. The summed E-state index contributed by atoms with van der Waals surface area (Å²) >= 11 is 0. The predicted octanol–water partition coefficient (Wildman–Crippen LogP) is 2.56. The van der Waals surface area contributed by atoms with Gasteiger partial charge in [0.1, 0.15) is 0 Å². The molecule has 3 unspecified atom stereocenters. The maximum absolute atomic E-state index is 6.21. The first-order valence-electron chi connectivity index (χ1n) is 8.22. The van der Waals surface area contributed by atoms with E-state index in [-0.39, 0.29) is 5.54 Å². The van der Waals surface area contributed by atoms with Gasteiger partial charge in [0.15, 0.2) is 0 Å². The Morgan fingerprint density at radius 1 is 1.26 bits per heavy atom. The summed E-state index contributed by atoms with van der Waals surface area (Å²) in [7, 11) is 0. The van der Waals surface area contributed by atoms with Crippen molar-refractivity contribution in [2.75, 3.05) is 32.7 Å². The van der Waals surface area contributed by atoms with Crippen molar-refractivity contribution in [1.29, 1.82) is 0 Å². The molecule has 1 saturated heterocycles. The Morgan fingerprint density at radius 2 is 1.95 bits per heavy atom. The minimum atomic E-state index is 0.226. The largest absolute Gasteiger partial charge is 0.329 e. The molecular formula is C16H35N3. The van der Waals surface area contributed by atoms with Gasteiger partial charge in [-0.15, -0.1) is 0 Å². The zero-order valence-corrected chi connectivity index (χ0v) is 13.8. The van der Waals surface area contributed by atoms with Gasteiger partial charge in [0, 0.05) is 37.8 Å². The second-order valence-electron chi connectivity index (χ2n) is 6.42. The van der Waals surface area contributed by atoms with Crippen LogP contribution in [-0.2, 0) is 0 Å². The topological polar surface area (TPSA) is 32.5 Å². The normalized spacial score (nSPS) is 27.2. The van der Waals surface area contributed by atoms with Crippen molar-refractivity contribution in [3.8, 4) is 0 Å². The Labute approximate surface area is 120 Å². The lowest BCUT2D eigenvalue weighted by Gasteiger charge is -2.50. The van der Waals surface area contributed by atoms with E-state index in [1.54, 1.807) is 0 Å². The van der Waals surface area contributed by atoms with Crippen LogP contribution < -0.4 is 5.73 Å². The first-order valence-corrected chi connectivity index (χ1v) is 8.22. The van der Waals surface area contributed by atoms with E-state index >= 15 is 0 Å². The van der Waals surface area contributed by atoms with Crippen LogP contribution in [0.3, 0.4) is 0 Å². The number of nitrogens with two attached hydrogens (primary N) is 1. The van der Waals surface area contributed by atoms with Gasteiger partial charge in [-0.25, -0.2) is 0 Å². The highest BCUT2D eigenvalue weighted by Crippen LogP contribution is 2.30. The molecule has 0 aromatic carbocycles. The highest BCUT2D eigenvalue weighted by Gasteiger charge is 2.38. The molecule has 0 radical (unpaired) electrons. The molecule has 1 heterocycles. The molecule has 1 aliphatic rings. The van der Waals surface area contributed by atoms with Gasteiger partial charge in [-0.2, -0.15) is 0 Å². The van der Waals surface area contributed by atoms with Crippen LogP contribution in [0.2, 0.25) is 0 Å². The number of rotatable bonds is 7. The summed E-state index contributed by atoms with van der Waals surface area (Å²) in [5.41, 5.74) is 6.44. The maximum atomic E-state index is 6.21. The van der Waals surface area contributed by atoms with Crippen LogP contribution in [0.1, 0.15) is 53.9 Å². The van der Waals surface area contributed by atoms with E-state index in [4.69, 9.17) is 5.73 Å². The lowest BCUT2D eigenvalue weighted by Crippen LogP contribution is -2.62. The van der Waals surface area contributed by atoms with Crippen LogP contribution >= 0.6 is 0 Å². The highest BCUT2D eigenvalue weighted by atomic mass is 15.3. The minimum absolute atomic E-state index is 0.226. The van der Waals surface area contributed by atoms with Crippen LogP contribution in [-0.4, -0.2) is 54.1 Å². The number of likely N-dealkylation sites (N-methyl/N-ethyl adjacent to an activating group) is 1. The number of piperazine rings is 1. The van der Waals surface area contributed by atoms with E-state index in [1.807, 2.05) is 0 Å². The van der Waals surface area contributed by atoms with Crippen LogP contribution in [0, 0.1) is 5.92 Å². The summed E-state index contributed by atoms with van der Waals surface area (Å²) in [6.07, 6.45) is 3.67. The molecule has 0 bridgehead atoms. The Kier molecular flexibility index (Phi) is 6.78. The van der Waals surface area contributed by atoms with E-state index in [0.717, 1.165) is 12.5 Å². The fourth-order valence-electron chi connectivity index (χ4n) is 3.54. The number of hydrogen-bond donors (Lipinski definition) is 1. The Balaban J connectivity index is 2.76. The second-order valence-corrected chi connectivity index (χ2v) is 6.42. The third kappa shape index (κ3) is 3.93. The van der Waals surface area contributed by atoms with Gasteiger partial charge in [0.2, 0.25) is 0 Å². The quantitative estimate of drug-likeness (QED) is 0.771. The van der Waals surface area contributed by atoms with Crippen LogP contribution in [0.25, 0.3) is 0 Å². The van der Waals surface area contributed by atoms with Crippen molar-refractivity contribution < 1.29 is 0 Å². The fraction of sp³-hybridized carbons (Fsp3) is 1.00. The van der Waals surface area contributed by atoms with Gasteiger partial charge in [0.25, 0.3) is 0 Å². The molecule has 1 fully saturated rings. The van der Waals surface area contributed by atoms with Crippen molar-refractivity contribution in [1.82, 2.24) is 9.80 Å². The van der Waals surface area contributed by atoms with Crippen molar-refractivity contribution in [3.05, 3.63) is 0 Å². The van der Waals surface area contributed by atoms with Crippen molar-refractivity contribution in [2.45, 2.75) is 65.5 Å². The standard InChI is InChI=1S/C16H35N3/c1-6-14(4)11-16(7-2,13-17)19-10-9-18(8-3)15(5)12-19/h14-15H,6-13,17H2,1-5H3. The molecule has 0 aromatic rings. The molecule has 0 spiro atoms. The first kappa shape index (κ1) is 16.9. The zero-order valence-electron chi connectivity index (χ0n) is 13.8. The second kappa shape index (κ2) is 7.61. The van der Waals surface area contributed by atoms with E-state index in [0.29, 0.717) is 6.04 Å². The monoisotopic (exact) mass is 269 g/mol. The van der Waals surface area contributed by atoms with Gasteiger partial charge < -0.3 is 5.73 Å². The lowest BCUT2D eigenvalue weighted by atomic mass is 9.82. The molecule has 3 atom stereocenters. The molecule has 3 heteroatoms. The Hall–Kier alpha value is -0.120. The van der Waals surface area contributed by atoms with E-state index in [1.165, 1.54) is 45.4 Å². The summed E-state index contributed by atoms with van der Waals surface area (Å²) < 4.78 is 0. The summed E-state index contributed by atoms with van der Waals surface area (Å²) in [6.45, 7) is 17.1. The minimum Gasteiger partial charge on any atom is -0.329 e. The molecule has 114 valence electrons. The van der Waals surface area contributed by atoms with Gasteiger partial charge in [-0.05, 0) is 32.2 Å². The van der Waals surface area contributed by atoms with Crippen molar-refractivity contribution in [3.63, 3.8) is 0 Å². The molecule has 2 N–H and O–H groups in total. The van der Waals surface area contributed by atoms with Crippen LogP contribution in [0.15, 0.2) is 0 Å². The molecule has 19 heavy (non-hydrogen) atoms. The zero-order chi connectivity index (χ0) is 14.5. The summed E-state index contributed by atoms with van der Waals surface area (Å²) in [4.78, 5) is 5.27. The molecule has 0 aliphatic carbocycles. The first-order chi connectivity index (χ1) is 9.02. The van der Waals surface area contributed by atoms with Crippen molar-refractivity contribution >= 4 is 0 Å². The summed E-state index contributed by atoms with van der Waals surface area (Å²) in [5.74, 6) is 0.767. The molecule has 1 rings (SSSR count). The third-order valence-corrected chi connectivity index (χ3v) is 5.31. The third-order valence-electron chi connectivity index (χ3n) is 5.31. The molecule has 1 aliphatic heterocycles. The highest BCUT2D eigenvalue weighted by molar-refractivity contribution is 4.95. The van der Waals surface area contributed by atoms with Gasteiger partial charge in [-0.3, -0.25) is 9.80 Å². The fourth-order valence-corrected chi connectivity index (χ4v) is 3.54. The van der Waals surface area contributed by atoms with Crippen molar-refractivity contribution in [2.24, 2.45) is 11.7 Å². The molecular weight excluding hydrogens is 234 g/mol. The Morgan fingerprint density at radius 3 is 2.37 bits per heavy atom. The molecule has 0 aromatic heterocycles. The van der Waals surface area contributed by atoms with Gasteiger partial charge in [-0.1, -0.05) is 34.1 Å². The lowest BCUT2D eigenvalue weighted by molar-refractivity contribution is -0.00383. The maximum Gasteiger partial charge on any atom is 0.0332 e. The molecule has 0 amide bonds. The van der Waals surface area contributed by atoms with Crippen LogP contribution in [0.4, 0.5) is 0 Å². The number of hydrogen-bond acceptors (Lipinski definition) is 3. The molecule has 3 nitrogen and oxygen atoms in total. The van der Waals surface area contributed by atoms with E-state index in [2.05, 4.69) is 44.4 Å². The predicted molar refractivity (Wildman–Crippen MR) is 84.4 cm³/mol. The Bertz CT molecular complexity index is 250. The van der Waals surface area contributed by atoms with Gasteiger partial charge in [0.05, 0.1) is 0 Å². The summed E-state index contributed by atoms with van der Waals surface area (Å²) in [5, 5.41) is 0. The summed E-state index contributed by atoms with van der Waals surface area (Å²) in [6, 6.07) is 0.660. The van der Waals surface area contributed by atoms with E-state index < -0.39 is 0 Å². The smallest absolute Gasteiger partial charge is 0.0332 e. The van der Waals surface area contributed by atoms with Gasteiger partial charge >= 0.3 is 0 Å². The average molecular weight is 269 g/mol. The average Bonchev–Trinajstić information content (AvgIpc) is 2.44. The van der Waals surface area contributed by atoms with E-state index in [9.17, 15) is 0 Å². The van der Waals surface area contributed by atoms with Crippen LogP contribution in [0.5, 0.6) is 0 Å². The SMILES string of the molecule is CCC(C)CC(CC)(CN)N1CCN(CC)C(C)C1.